The smallest absolute Gasteiger partial charge is 0.251 e. The van der Waals surface area contributed by atoms with Crippen LogP contribution < -0.4 is 15.4 Å². The summed E-state index contributed by atoms with van der Waals surface area (Å²) in [5, 5.41) is 9.89. The maximum absolute atomic E-state index is 12.8. The van der Waals surface area contributed by atoms with Crippen LogP contribution in [0.2, 0.25) is 0 Å². The van der Waals surface area contributed by atoms with Crippen molar-refractivity contribution in [2.45, 2.75) is 26.8 Å². The quantitative estimate of drug-likeness (QED) is 0.598. The first kappa shape index (κ1) is 21.1. The second-order valence-corrected chi connectivity index (χ2v) is 7.14. The van der Waals surface area contributed by atoms with E-state index in [-0.39, 0.29) is 17.7 Å². The van der Waals surface area contributed by atoms with Gasteiger partial charge < -0.3 is 15.4 Å². The summed E-state index contributed by atoms with van der Waals surface area (Å²) in [5.74, 6) is 0.0443. The molecule has 1 heterocycles. The zero-order chi connectivity index (χ0) is 21.5. The number of anilines is 1. The highest BCUT2D eigenvalue weighted by Crippen LogP contribution is 2.15. The lowest BCUT2D eigenvalue weighted by Gasteiger charge is -2.22. The predicted molar refractivity (Wildman–Crippen MR) is 116 cm³/mol. The lowest BCUT2D eigenvalue weighted by Crippen LogP contribution is -2.47. The van der Waals surface area contributed by atoms with Crippen molar-refractivity contribution < 1.29 is 14.3 Å². The van der Waals surface area contributed by atoms with Crippen LogP contribution in [0.4, 0.5) is 5.69 Å². The van der Waals surface area contributed by atoms with E-state index in [1.807, 2.05) is 45.2 Å². The minimum Gasteiger partial charge on any atom is -0.494 e. The largest absolute Gasteiger partial charge is 0.494 e. The Bertz CT molecular complexity index is 965. The van der Waals surface area contributed by atoms with Crippen LogP contribution in [0.25, 0.3) is 5.69 Å². The number of benzene rings is 2. The molecule has 156 valence electrons. The number of nitrogens with one attached hydrogen (secondary N) is 2. The van der Waals surface area contributed by atoms with E-state index in [4.69, 9.17) is 4.74 Å². The molecule has 0 bridgehead atoms. The van der Waals surface area contributed by atoms with Gasteiger partial charge in [0.25, 0.3) is 5.91 Å². The molecule has 2 amide bonds. The molecule has 0 fully saturated rings. The number of ether oxygens (including phenoxy) is 1. The molecule has 3 rings (SSSR count). The molecule has 0 saturated heterocycles. The molecule has 0 radical (unpaired) electrons. The summed E-state index contributed by atoms with van der Waals surface area (Å²) in [5.41, 5.74) is 2.01. The van der Waals surface area contributed by atoms with Gasteiger partial charge in [-0.25, -0.2) is 4.68 Å². The predicted octanol–water partition coefficient (Wildman–Crippen LogP) is 3.66. The van der Waals surface area contributed by atoms with E-state index >= 15 is 0 Å². The lowest BCUT2D eigenvalue weighted by atomic mass is 10.0. The number of carbonyl (C=O) groups excluding carboxylic acids is 2. The van der Waals surface area contributed by atoms with Crippen molar-refractivity contribution in [1.82, 2.24) is 15.1 Å². The third kappa shape index (κ3) is 5.26. The molecule has 7 heteroatoms. The van der Waals surface area contributed by atoms with Crippen molar-refractivity contribution in [2.75, 3.05) is 11.9 Å². The van der Waals surface area contributed by atoms with Crippen LogP contribution in [0.3, 0.4) is 0 Å². The van der Waals surface area contributed by atoms with Crippen LogP contribution in [0.1, 0.15) is 31.1 Å². The van der Waals surface area contributed by atoms with Gasteiger partial charge in [-0.05, 0) is 67.4 Å². The first-order valence-electron chi connectivity index (χ1n) is 9.92. The Kier molecular flexibility index (Phi) is 6.85. The van der Waals surface area contributed by atoms with E-state index in [0.717, 1.165) is 5.69 Å². The Balaban J connectivity index is 1.65. The molecule has 2 aromatic carbocycles. The van der Waals surface area contributed by atoms with Gasteiger partial charge in [-0.15, -0.1) is 0 Å². The summed E-state index contributed by atoms with van der Waals surface area (Å²) in [6.07, 6.45) is 3.55. The number of rotatable bonds is 8. The summed E-state index contributed by atoms with van der Waals surface area (Å²) >= 11 is 0. The van der Waals surface area contributed by atoms with E-state index in [2.05, 4.69) is 15.7 Å². The summed E-state index contributed by atoms with van der Waals surface area (Å²) in [6, 6.07) is 15.4. The molecule has 0 saturated carbocycles. The molecule has 30 heavy (non-hydrogen) atoms. The molecular formula is C23H26N4O3. The number of aromatic nitrogens is 2. The highest BCUT2D eigenvalue weighted by atomic mass is 16.5. The molecule has 0 aliphatic heterocycles. The van der Waals surface area contributed by atoms with Crippen molar-refractivity contribution in [3.05, 3.63) is 72.6 Å². The lowest BCUT2D eigenvalue weighted by molar-refractivity contribution is -0.118. The van der Waals surface area contributed by atoms with Gasteiger partial charge in [0, 0.05) is 23.6 Å². The van der Waals surface area contributed by atoms with E-state index in [0.29, 0.717) is 23.6 Å². The first-order valence-corrected chi connectivity index (χ1v) is 9.92. The Morgan fingerprint density at radius 1 is 1.07 bits per heavy atom. The maximum atomic E-state index is 12.8. The minimum absolute atomic E-state index is 0.0833. The highest BCUT2D eigenvalue weighted by Gasteiger charge is 2.25. The Morgan fingerprint density at radius 2 is 1.77 bits per heavy atom. The van der Waals surface area contributed by atoms with Crippen LogP contribution >= 0.6 is 0 Å². The normalized spacial score (nSPS) is 11.7. The molecule has 2 N–H and O–H groups in total. The molecular weight excluding hydrogens is 380 g/mol. The van der Waals surface area contributed by atoms with E-state index in [1.165, 1.54) is 0 Å². The van der Waals surface area contributed by atoms with E-state index in [1.54, 1.807) is 47.3 Å². The standard InChI is InChI=1S/C23H26N4O3/c1-4-30-20-12-6-17(7-13-20)22(28)26-21(16(2)3)23(29)25-18-8-10-19(11-9-18)27-15-5-14-24-27/h5-16,21H,4H2,1-3H3,(H,25,29)(H,26,28). The zero-order valence-corrected chi connectivity index (χ0v) is 17.3. The van der Waals surface area contributed by atoms with Crippen LogP contribution in [-0.2, 0) is 4.79 Å². The monoisotopic (exact) mass is 406 g/mol. The molecule has 1 unspecified atom stereocenters. The van der Waals surface area contributed by atoms with Gasteiger partial charge in [-0.1, -0.05) is 13.8 Å². The maximum Gasteiger partial charge on any atom is 0.251 e. The Labute approximate surface area is 176 Å². The molecule has 7 nitrogen and oxygen atoms in total. The zero-order valence-electron chi connectivity index (χ0n) is 17.3. The fourth-order valence-electron chi connectivity index (χ4n) is 2.97. The number of hydrogen-bond acceptors (Lipinski definition) is 4. The SMILES string of the molecule is CCOc1ccc(C(=O)NC(C(=O)Nc2ccc(-n3cccn3)cc2)C(C)C)cc1. The fourth-order valence-corrected chi connectivity index (χ4v) is 2.97. The average molecular weight is 406 g/mol. The van der Waals surface area contributed by atoms with Gasteiger partial charge in [-0.3, -0.25) is 9.59 Å². The molecule has 0 spiro atoms. The van der Waals surface area contributed by atoms with Crippen molar-refractivity contribution in [2.24, 2.45) is 5.92 Å². The molecule has 3 aromatic rings. The van der Waals surface area contributed by atoms with Crippen molar-refractivity contribution in [3.8, 4) is 11.4 Å². The van der Waals surface area contributed by atoms with Crippen molar-refractivity contribution in [3.63, 3.8) is 0 Å². The number of amides is 2. The second-order valence-electron chi connectivity index (χ2n) is 7.14. The summed E-state index contributed by atoms with van der Waals surface area (Å²) in [4.78, 5) is 25.4. The second kappa shape index (κ2) is 9.73. The van der Waals surface area contributed by atoms with E-state index in [9.17, 15) is 9.59 Å². The van der Waals surface area contributed by atoms with E-state index < -0.39 is 6.04 Å². The molecule has 1 aromatic heterocycles. The third-order valence-electron chi connectivity index (χ3n) is 4.57. The topological polar surface area (TPSA) is 85.2 Å². The van der Waals surface area contributed by atoms with Crippen molar-refractivity contribution in [1.29, 1.82) is 0 Å². The first-order chi connectivity index (χ1) is 14.5. The minimum atomic E-state index is -0.671. The summed E-state index contributed by atoms with van der Waals surface area (Å²) < 4.78 is 7.13. The van der Waals surface area contributed by atoms with Crippen LogP contribution in [-0.4, -0.2) is 34.2 Å². The molecule has 1 atom stereocenters. The van der Waals surface area contributed by atoms with Gasteiger partial charge in [0.15, 0.2) is 0 Å². The van der Waals surface area contributed by atoms with Crippen LogP contribution in [0, 0.1) is 5.92 Å². The van der Waals surface area contributed by atoms with Crippen molar-refractivity contribution >= 4 is 17.5 Å². The van der Waals surface area contributed by atoms with Gasteiger partial charge in [0.1, 0.15) is 11.8 Å². The number of hydrogen-bond donors (Lipinski definition) is 2. The molecule has 0 aliphatic carbocycles. The third-order valence-corrected chi connectivity index (χ3v) is 4.57. The van der Waals surface area contributed by atoms with Gasteiger partial charge >= 0.3 is 0 Å². The van der Waals surface area contributed by atoms with Gasteiger partial charge in [0.2, 0.25) is 5.91 Å². The average Bonchev–Trinajstić information content (AvgIpc) is 3.28. The fraction of sp³-hybridized carbons (Fsp3) is 0.261. The summed E-state index contributed by atoms with van der Waals surface area (Å²) in [7, 11) is 0. The van der Waals surface area contributed by atoms with Crippen LogP contribution in [0.5, 0.6) is 5.75 Å². The Morgan fingerprint density at radius 3 is 2.33 bits per heavy atom. The van der Waals surface area contributed by atoms with Crippen LogP contribution in [0.15, 0.2) is 67.0 Å². The number of nitrogens with zero attached hydrogens (tertiary/aromatic N) is 2. The van der Waals surface area contributed by atoms with Gasteiger partial charge in [0.05, 0.1) is 12.3 Å². The highest BCUT2D eigenvalue weighted by molar-refractivity contribution is 6.01. The summed E-state index contributed by atoms with van der Waals surface area (Å²) in [6.45, 7) is 6.24. The molecule has 0 aliphatic rings. The number of carbonyl (C=O) groups is 2. The van der Waals surface area contributed by atoms with Gasteiger partial charge in [-0.2, -0.15) is 5.10 Å². The Hall–Kier alpha value is -3.61.